The van der Waals surface area contributed by atoms with E-state index >= 15 is 0 Å². The second-order valence-electron chi connectivity index (χ2n) is 6.45. The van der Waals surface area contributed by atoms with Gasteiger partial charge in [0.1, 0.15) is 6.54 Å². The van der Waals surface area contributed by atoms with Crippen molar-refractivity contribution < 1.29 is 18.0 Å². The molecule has 0 fully saturated rings. The first-order chi connectivity index (χ1) is 13.3. The van der Waals surface area contributed by atoms with Crippen molar-refractivity contribution >= 4 is 43.9 Å². The smallest absolute Gasteiger partial charge is 0.245 e. The van der Waals surface area contributed by atoms with Crippen molar-refractivity contribution in [2.45, 2.75) is 6.92 Å². The predicted molar refractivity (Wildman–Crippen MR) is 111 cm³/mol. The quantitative estimate of drug-likeness (QED) is 0.647. The van der Waals surface area contributed by atoms with Crippen LogP contribution in [0.3, 0.4) is 0 Å². The molecule has 0 aliphatic rings. The minimum absolute atomic E-state index is 0.121. The molecule has 3 aromatic carbocycles. The molecule has 0 radical (unpaired) electrons. The number of carbonyl (C=O) groups excluding carboxylic acids is 2. The number of nitrogens with zero attached hydrogens (tertiary/aromatic N) is 1. The monoisotopic (exact) mass is 396 g/mol. The number of carbonyl (C=O) groups is 2. The summed E-state index contributed by atoms with van der Waals surface area (Å²) in [6.07, 6.45) is 1.07. The first kappa shape index (κ1) is 19.6. The van der Waals surface area contributed by atoms with Crippen LogP contribution in [-0.2, 0) is 14.8 Å². The highest BCUT2D eigenvalue weighted by Crippen LogP contribution is 2.28. The van der Waals surface area contributed by atoms with Crippen molar-refractivity contribution in [3.05, 3.63) is 72.3 Å². The van der Waals surface area contributed by atoms with Crippen LogP contribution in [0.4, 0.5) is 11.4 Å². The third-order valence-corrected chi connectivity index (χ3v) is 5.40. The van der Waals surface area contributed by atoms with E-state index in [2.05, 4.69) is 5.32 Å². The van der Waals surface area contributed by atoms with Gasteiger partial charge >= 0.3 is 0 Å². The molecule has 0 spiro atoms. The van der Waals surface area contributed by atoms with Crippen molar-refractivity contribution in [1.29, 1.82) is 0 Å². The van der Waals surface area contributed by atoms with E-state index < -0.39 is 15.9 Å². The van der Waals surface area contributed by atoms with Gasteiger partial charge in [0.15, 0.2) is 5.78 Å². The van der Waals surface area contributed by atoms with Gasteiger partial charge in [-0.2, -0.15) is 0 Å². The van der Waals surface area contributed by atoms with Crippen molar-refractivity contribution in [2.24, 2.45) is 0 Å². The van der Waals surface area contributed by atoms with Gasteiger partial charge in [0, 0.05) is 16.6 Å². The summed E-state index contributed by atoms with van der Waals surface area (Å²) in [6.45, 7) is 1.06. The second kappa shape index (κ2) is 7.82. The van der Waals surface area contributed by atoms with Gasteiger partial charge in [-0.25, -0.2) is 8.42 Å². The molecular weight excluding hydrogens is 376 g/mol. The summed E-state index contributed by atoms with van der Waals surface area (Å²) >= 11 is 0. The lowest BCUT2D eigenvalue weighted by atomic mass is 10.1. The van der Waals surface area contributed by atoms with E-state index in [1.165, 1.54) is 6.92 Å². The summed E-state index contributed by atoms with van der Waals surface area (Å²) in [5.41, 5.74) is 1.34. The maximum Gasteiger partial charge on any atom is 0.245 e. The zero-order valence-electron chi connectivity index (χ0n) is 15.5. The minimum atomic E-state index is -3.70. The van der Waals surface area contributed by atoms with Gasteiger partial charge in [-0.15, -0.1) is 0 Å². The van der Waals surface area contributed by atoms with Crippen LogP contribution < -0.4 is 9.62 Å². The van der Waals surface area contributed by atoms with Gasteiger partial charge in [-0.3, -0.25) is 13.9 Å². The molecule has 6 nitrogen and oxygen atoms in total. The lowest BCUT2D eigenvalue weighted by Crippen LogP contribution is -2.37. The Bertz CT molecular complexity index is 1150. The fourth-order valence-electron chi connectivity index (χ4n) is 2.95. The highest BCUT2D eigenvalue weighted by molar-refractivity contribution is 7.92. The van der Waals surface area contributed by atoms with Gasteiger partial charge in [0.25, 0.3) is 0 Å². The van der Waals surface area contributed by atoms with Crippen molar-refractivity contribution in [3.8, 4) is 0 Å². The van der Waals surface area contributed by atoms with Crippen LogP contribution in [0.2, 0.25) is 0 Å². The van der Waals surface area contributed by atoms with E-state index in [1.54, 1.807) is 36.4 Å². The number of rotatable bonds is 6. The molecule has 3 aromatic rings. The number of anilines is 2. The third-order valence-electron chi connectivity index (χ3n) is 4.28. The zero-order chi connectivity index (χ0) is 20.3. The number of Topliss-reactive ketones (excluding diaryl/α,β-unsaturated/α-hetero) is 1. The lowest BCUT2D eigenvalue weighted by molar-refractivity contribution is -0.114. The van der Waals surface area contributed by atoms with Crippen LogP contribution in [0.25, 0.3) is 10.8 Å². The summed E-state index contributed by atoms with van der Waals surface area (Å²) in [4.78, 5) is 24.1. The number of sulfonamides is 1. The second-order valence-corrected chi connectivity index (χ2v) is 8.36. The summed E-state index contributed by atoms with van der Waals surface area (Å²) in [5.74, 6) is -0.622. The Labute approximate surface area is 163 Å². The van der Waals surface area contributed by atoms with E-state index in [9.17, 15) is 18.0 Å². The number of nitrogens with one attached hydrogen (secondary N) is 1. The fraction of sp³-hybridized carbons (Fsp3) is 0.143. The molecule has 0 heterocycles. The normalized spacial score (nSPS) is 11.2. The molecule has 0 atom stereocenters. The van der Waals surface area contributed by atoms with Crippen LogP contribution >= 0.6 is 0 Å². The first-order valence-electron chi connectivity index (χ1n) is 8.62. The minimum Gasteiger partial charge on any atom is -0.324 e. The molecule has 0 bridgehead atoms. The van der Waals surface area contributed by atoms with E-state index in [0.29, 0.717) is 16.9 Å². The summed E-state index contributed by atoms with van der Waals surface area (Å²) in [7, 11) is -3.70. The topological polar surface area (TPSA) is 83.6 Å². The van der Waals surface area contributed by atoms with Crippen LogP contribution in [0, 0.1) is 0 Å². The molecule has 0 aromatic heterocycles. The fourth-order valence-corrected chi connectivity index (χ4v) is 3.82. The molecule has 3 rings (SSSR count). The number of fused-ring (bicyclic) bond motifs is 1. The molecule has 28 heavy (non-hydrogen) atoms. The van der Waals surface area contributed by atoms with Gasteiger partial charge in [0.2, 0.25) is 15.9 Å². The van der Waals surface area contributed by atoms with E-state index in [0.717, 1.165) is 21.3 Å². The highest BCUT2D eigenvalue weighted by Gasteiger charge is 2.22. The first-order valence-corrected chi connectivity index (χ1v) is 10.5. The third kappa shape index (κ3) is 4.37. The number of amides is 1. The molecular formula is C21H20N2O4S. The number of benzene rings is 3. The Morgan fingerprint density at radius 3 is 2.36 bits per heavy atom. The largest absolute Gasteiger partial charge is 0.324 e. The van der Waals surface area contributed by atoms with Gasteiger partial charge in [0.05, 0.1) is 11.9 Å². The lowest BCUT2D eigenvalue weighted by Gasteiger charge is -2.23. The van der Waals surface area contributed by atoms with Crippen molar-refractivity contribution in [3.63, 3.8) is 0 Å². The SMILES string of the molecule is CC(=O)c1cccc(NC(=O)CN(c2cccc3ccccc23)S(C)(=O)=O)c1. The van der Waals surface area contributed by atoms with E-state index in [-0.39, 0.29) is 12.3 Å². The predicted octanol–water partition coefficient (Wildman–Crippen LogP) is 3.45. The molecule has 0 unspecified atom stereocenters. The van der Waals surface area contributed by atoms with Crippen LogP contribution in [0.1, 0.15) is 17.3 Å². The molecule has 7 heteroatoms. The number of hydrogen-bond donors (Lipinski definition) is 1. The number of ketones is 1. The molecule has 0 saturated carbocycles. The molecule has 1 amide bonds. The Morgan fingerprint density at radius 1 is 0.964 bits per heavy atom. The maximum absolute atomic E-state index is 12.6. The average molecular weight is 396 g/mol. The van der Waals surface area contributed by atoms with Crippen molar-refractivity contribution in [2.75, 3.05) is 22.4 Å². The van der Waals surface area contributed by atoms with E-state index in [4.69, 9.17) is 0 Å². The maximum atomic E-state index is 12.6. The summed E-state index contributed by atoms with van der Waals surface area (Å²) in [5, 5.41) is 4.28. The Hall–Kier alpha value is -3.19. The molecule has 0 saturated heterocycles. The van der Waals surface area contributed by atoms with Crippen LogP contribution in [0.5, 0.6) is 0 Å². The van der Waals surface area contributed by atoms with Crippen LogP contribution in [0.15, 0.2) is 66.7 Å². The Kier molecular flexibility index (Phi) is 5.46. The summed E-state index contributed by atoms with van der Waals surface area (Å²) in [6, 6.07) is 19.2. The van der Waals surface area contributed by atoms with Gasteiger partial charge in [-0.1, -0.05) is 48.5 Å². The average Bonchev–Trinajstić information content (AvgIpc) is 2.65. The molecule has 0 aliphatic carbocycles. The van der Waals surface area contributed by atoms with Crippen LogP contribution in [-0.4, -0.2) is 32.9 Å². The summed E-state index contributed by atoms with van der Waals surface area (Å²) < 4.78 is 25.9. The molecule has 1 N–H and O–H groups in total. The Balaban J connectivity index is 1.91. The highest BCUT2D eigenvalue weighted by atomic mass is 32.2. The Morgan fingerprint density at radius 2 is 1.64 bits per heavy atom. The van der Waals surface area contributed by atoms with Gasteiger partial charge in [-0.05, 0) is 30.5 Å². The van der Waals surface area contributed by atoms with Gasteiger partial charge < -0.3 is 5.32 Å². The van der Waals surface area contributed by atoms with Crippen molar-refractivity contribution in [1.82, 2.24) is 0 Å². The standard InChI is InChI=1S/C21H20N2O4S/c1-15(24)17-9-5-10-18(13-17)22-21(25)14-23(28(2,26)27)20-12-6-8-16-7-3-4-11-19(16)20/h3-13H,14H2,1-2H3,(H,22,25). The zero-order valence-corrected chi connectivity index (χ0v) is 16.4. The molecule has 0 aliphatic heterocycles. The molecule has 144 valence electrons. The van der Waals surface area contributed by atoms with E-state index in [1.807, 2.05) is 30.3 Å². The number of hydrogen-bond acceptors (Lipinski definition) is 4.